The zero-order chi connectivity index (χ0) is 18.9. The molecule has 0 unspecified atom stereocenters. The summed E-state index contributed by atoms with van der Waals surface area (Å²) in [5.74, 6) is 0. The van der Waals surface area contributed by atoms with Crippen LogP contribution in [0, 0.1) is 0 Å². The number of alkyl halides is 3. The van der Waals surface area contributed by atoms with Crippen molar-refractivity contribution in [2.45, 2.75) is 12.6 Å². The van der Waals surface area contributed by atoms with Crippen LogP contribution in [0.1, 0.15) is 16.8 Å². The van der Waals surface area contributed by atoms with E-state index in [0.717, 1.165) is 12.1 Å². The van der Waals surface area contributed by atoms with Gasteiger partial charge in [-0.3, -0.25) is 9.52 Å². The lowest BCUT2D eigenvalue weighted by Gasteiger charge is -2.14. The minimum atomic E-state index is -4.73. The molecule has 3 rings (SSSR count). The Labute approximate surface area is 158 Å². The summed E-state index contributed by atoms with van der Waals surface area (Å²) in [5.41, 5.74) is -1.35. The SMILES string of the molecule is Cl.O=c1[nH]nc(Cc2ccc(N[SH](=O)=O)c(C(F)(F)F)c2)c2ccccc12. The first-order valence-electron chi connectivity index (χ1n) is 7.33. The highest BCUT2D eigenvalue weighted by Gasteiger charge is 2.34. The Morgan fingerprint density at radius 2 is 1.74 bits per heavy atom. The van der Waals surface area contributed by atoms with Gasteiger partial charge in [0.2, 0.25) is 10.9 Å². The minimum absolute atomic E-state index is 0. The second-order valence-electron chi connectivity index (χ2n) is 5.47. The number of aromatic amines is 1. The van der Waals surface area contributed by atoms with E-state index in [9.17, 15) is 26.4 Å². The smallest absolute Gasteiger partial charge is 0.285 e. The van der Waals surface area contributed by atoms with E-state index >= 15 is 0 Å². The Bertz CT molecular complexity index is 1110. The summed E-state index contributed by atoms with van der Waals surface area (Å²) in [4.78, 5) is 11.8. The summed E-state index contributed by atoms with van der Waals surface area (Å²) in [6.45, 7) is 0. The van der Waals surface area contributed by atoms with Gasteiger partial charge in [-0.1, -0.05) is 24.3 Å². The van der Waals surface area contributed by atoms with Crippen molar-refractivity contribution in [3.05, 3.63) is 69.6 Å². The zero-order valence-corrected chi connectivity index (χ0v) is 15.1. The maximum Gasteiger partial charge on any atom is 0.418 e. The molecular weight excluding hydrogens is 407 g/mol. The van der Waals surface area contributed by atoms with E-state index < -0.39 is 28.3 Å². The summed E-state index contributed by atoms with van der Waals surface area (Å²) < 4.78 is 62.9. The molecule has 2 N–H and O–H groups in total. The van der Waals surface area contributed by atoms with Gasteiger partial charge in [-0.2, -0.15) is 18.3 Å². The highest BCUT2D eigenvalue weighted by molar-refractivity contribution is 7.73. The number of nitrogens with zero attached hydrogens (tertiary/aromatic N) is 1. The summed E-state index contributed by atoms with van der Waals surface area (Å²) in [5, 5.41) is 7.18. The Kier molecular flexibility index (Phi) is 6.11. The minimum Gasteiger partial charge on any atom is -0.285 e. The van der Waals surface area contributed by atoms with E-state index in [1.807, 2.05) is 0 Å². The predicted molar refractivity (Wildman–Crippen MR) is 97.8 cm³/mol. The van der Waals surface area contributed by atoms with E-state index in [2.05, 4.69) is 10.2 Å². The Balaban J connectivity index is 0.00000261. The third-order valence-electron chi connectivity index (χ3n) is 3.75. The molecule has 2 aromatic carbocycles. The van der Waals surface area contributed by atoms with Crippen LogP contribution in [0.3, 0.4) is 0 Å². The number of anilines is 1. The molecule has 144 valence electrons. The van der Waals surface area contributed by atoms with Crippen LogP contribution in [0.5, 0.6) is 0 Å². The van der Waals surface area contributed by atoms with Crippen molar-refractivity contribution in [3.8, 4) is 0 Å². The van der Waals surface area contributed by atoms with Crippen molar-refractivity contribution in [1.29, 1.82) is 0 Å². The van der Waals surface area contributed by atoms with E-state index in [-0.39, 0.29) is 30.0 Å². The summed E-state index contributed by atoms with van der Waals surface area (Å²) in [6.07, 6.45) is -4.70. The Morgan fingerprint density at radius 3 is 2.37 bits per heavy atom. The molecule has 0 saturated carbocycles. The fraction of sp³-hybridized carbons (Fsp3) is 0.125. The Hall–Kier alpha value is -2.59. The standard InChI is InChI=1S/C16H12F3N3O3S.ClH/c17-16(18,19)12-7-9(5-6-13(12)22-26(24)25)8-14-10-3-1-2-4-11(10)15(23)21-20-14;/h1-7,26H,8H2,(H,21,23)(H,22,24,25);1H. The van der Waals surface area contributed by atoms with Crippen molar-refractivity contribution in [2.75, 3.05) is 4.72 Å². The molecule has 0 aliphatic heterocycles. The van der Waals surface area contributed by atoms with Crippen molar-refractivity contribution in [1.82, 2.24) is 10.2 Å². The predicted octanol–water partition coefficient (Wildman–Crippen LogP) is 2.89. The molecule has 0 amide bonds. The molecule has 0 atom stereocenters. The van der Waals surface area contributed by atoms with Gasteiger partial charge in [0, 0.05) is 11.8 Å². The fourth-order valence-electron chi connectivity index (χ4n) is 2.63. The number of rotatable bonds is 4. The van der Waals surface area contributed by atoms with Crippen LogP contribution in [0.4, 0.5) is 18.9 Å². The van der Waals surface area contributed by atoms with Crippen LogP contribution in [-0.2, 0) is 23.5 Å². The van der Waals surface area contributed by atoms with E-state index in [1.54, 1.807) is 29.0 Å². The number of benzene rings is 2. The highest BCUT2D eigenvalue weighted by Crippen LogP contribution is 2.36. The second-order valence-corrected chi connectivity index (χ2v) is 6.21. The van der Waals surface area contributed by atoms with Gasteiger partial charge in [0.1, 0.15) is 0 Å². The van der Waals surface area contributed by atoms with Gasteiger partial charge in [-0.25, -0.2) is 13.5 Å². The van der Waals surface area contributed by atoms with Gasteiger partial charge in [0.05, 0.1) is 22.3 Å². The largest absolute Gasteiger partial charge is 0.418 e. The number of nitrogens with one attached hydrogen (secondary N) is 2. The molecule has 0 fully saturated rings. The molecule has 1 heterocycles. The average molecular weight is 420 g/mol. The highest BCUT2D eigenvalue weighted by atomic mass is 35.5. The number of hydrogen-bond acceptors (Lipinski definition) is 4. The van der Waals surface area contributed by atoms with Crippen LogP contribution < -0.4 is 10.3 Å². The Morgan fingerprint density at radius 1 is 1.07 bits per heavy atom. The maximum atomic E-state index is 13.2. The lowest BCUT2D eigenvalue weighted by atomic mass is 10.0. The number of thiol groups is 1. The zero-order valence-electron chi connectivity index (χ0n) is 13.4. The van der Waals surface area contributed by atoms with E-state index in [1.165, 1.54) is 6.07 Å². The quantitative estimate of drug-likeness (QED) is 0.567. The molecule has 0 saturated heterocycles. The molecular formula is C16H13ClF3N3O3S. The molecule has 0 aliphatic rings. The normalized spacial score (nSPS) is 11.4. The van der Waals surface area contributed by atoms with Gasteiger partial charge in [0.15, 0.2) is 0 Å². The van der Waals surface area contributed by atoms with Crippen LogP contribution >= 0.6 is 12.4 Å². The first kappa shape index (κ1) is 20.7. The molecule has 27 heavy (non-hydrogen) atoms. The van der Waals surface area contributed by atoms with Crippen LogP contribution in [-0.4, -0.2) is 18.6 Å². The lowest BCUT2D eigenvalue weighted by molar-refractivity contribution is -0.136. The van der Waals surface area contributed by atoms with Crippen molar-refractivity contribution >= 4 is 39.8 Å². The van der Waals surface area contributed by atoms with Gasteiger partial charge in [-0.05, 0) is 23.8 Å². The summed E-state index contributed by atoms with van der Waals surface area (Å²) in [7, 11) is -3.23. The van der Waals surface area contributed by atoms with Gasteiger partial charge in [0.25, 0.3) is 5.56 Å². The molecule has 0 spiro atoms. The molecule has 1 aromatic heterocycles. The monoisotopic (exact) mass is 419 g/mol. The number of H-pyrrole nitrogens is 1. The molecule has 0 radical (unpaired) electrons. The number of aromatic nitrogens is 2. The summed E-state index contributed by atoms with van der Waals surface area (Å²) >= 11 is 0. The fourth-order valence-corrected chi connectivity index (χ4v) is 3.02. The number of hydrogen-bond donors (Lipinski definition) is 3. The third kappa shape index (κ3) is 4.58. The molecule has 6 nitrogen and oxygen atoms in total. The topological polar surface area (TPSA) is 91.9 Å². The lowest BCUT2D eigenvalue weighted by Crippen LogP contribution is -2.13. The van der Waals surface area contributed by atoms with Gasteiger partial charge < -0.3 is 0 Å². The van der Waals surface area contributed by atoms with Crippen LogP contribution in [0.15, 0.2) is 47.3 Å². The molecule has 0 aliphatic carbocycles. The first-order valence-corrected chi connectivity index (χ1v) is 8.51. The van der Waals surface area contributed by atoms with Gasteiger partial charge in [-0.15, -0.1) is 12.4 Å². The summed E-state index contributed by atoms with van der Waals surface area (Å²) in [6, 6.07) is 9.92. The molecule has 3 aromatic rings. The average Bonchev–Trinajstić information content (AvgIpc) is 2.57. The van der Waals surface area contributed by atoms with Crippen molar-refractivity contribution < 1.29 is 21.6 Å². The number of halogens is 4. The van der Waals surface area contributed by atoms with Gasteiger partial charge >= 0.3 is 6.18 Å². The molecule has 0 bridgehead atoms. The van der Waals surface area contributed by atoms with Crippen LogP contribution in [0.2, 0.25) is 0 Å². The van der Waals surface area contributed by atoms with E-state index in [0.29, 0.717) is 16.5 Å². The van der Waals surface area contributed by atoms with Crippen molar-refractivity contribution in [3.63, 3.8) is 0 Å². The third-order valence-corrected chi connectivity index (χ3v) is 4.17. The van der Waals surface area contributed by atoms with Crippen LogP contribution in [0.25, 0.3) is 10.8 Å². The molecule has 11 heteroatoms. The second kappa shape index (κ2) is 7.97. The first-order chi connectivity index (χ1) is 12.3. The van der Waals surface area contributed by atoms with Crippen molar-refractivity contribution in [2.24, 2.45) is 0 Å². The number of fused-ring (bicyclic) bond motifs is 1. The maximum absolute atomic E-state index is 13.2. The van der Waals surface area contributed by atoms with E-state index in [4.69, 9.17) is 0 Å².